The van der Waals surface area contributed by atoms with Gasteiger partial charge in [-0.25, -0.2) is 4.39 Å². The number of hydrogen-bond acceptors (Lipinski definition) is 4. The van der Waals surface area contributed by atoms with Crippen LogP contribution in [0.3, 0.4) is 0 Å². The van der Waals surface area contributed by atoms with Gasteiger partial charge >= 0.3 is 0 Å². The number of fused-ring (bicyclic) bond motifs is 1. The van der Waals surface area contributed by atoms with Crippen molar-refractivity contribution in [2.45, 2.75) is 25.9 Å². The first kappa shape index (κ1) is 21.8. The molecule has 0 spiro atoms. The monoisotopic (exact) mass is 439 g/mol. The molecule has 2 saturated heterocycles. The zero-order valence-corrected chi connectivity index (χ0v) is 18.0. The molecule has 8 heteroatoms. The lowest BCUT2D eigenvalue weighted by Crippen LogP contribution is -2.59. The van der Waals surface area contributed by atoms with E-state index in [0.29, 0.717) is 38.3 Å². The van der Waals surface area contributed by atoms with E-state index in [1.807, 2.05) is 31.2 Å². The third-order valence-electron chi connectivity index (χ3n) is 5.89. The molecular formula is C24H26FN3O4. The largest absolute Gasteiger partial charge is 0.484 e. The Hall–Kier alpha value is -3.42. The Morgan fingerprint density at radius 3 is 2.62 bits per heavy atom. The zero-order chi connectivity index (χ0) is 22.7. The van der Waals surface area contributed by atoms with Gasteiger partial charge < -0.3 is 19.4 Å². The van der Waals surface area contributed by atoms with Gasteiger partial charge in [-0.05, 0) is 43.2 Å². The van der Waals surface area contributed by atoms with E-state index in [1.54, 1.807) is 14.7 Å². The summed E-state index contributed by atoms with van der Waals surface area (Å²) in [6, 6.07) is 12.8. The van der Waals surface area contributed by atoms with Crippen molar-refractivity contribution in [3.8, 4) is 5.75 Å². The second kappa shape index (κ2) is 9.38. The van der Waals surface area contributed by atoms with Gasteiger partial charge in [-0.15, -0.1) is 0 Å². The van der Waals surface area contributed by atoms with Crippen LogP contribution in [0.2, 0.25) is 0 Å². The second-order valence-corrected chi connectivity index (χ2v) is 8.20. The normalized spacial score (nSPS) is 18.9. The number of benzene rings is 2. The molecule has 2 aromatic rings. The zero-order valence-electron chi connectivity index (χ0n) is 18.0. The molecule has 0 radical (unpaired) electrons. The third-order valence-corrected chi connectivity index (χ3v) is 5.89. The van der Waals surface area contributed by atoms with Crippen LogP contribution in [0.1, 0.15) is 17.5 Å². The standard InChI is InChI=1S/C24H26FN3O4/c1-17-3-2-4-18(13-17)14-27-15-22(29)28-12-11-26(10-9-21(28)24(27)31)23(30)16-32-20-7-5-19(25)6-8-20/h2-8,13,21H,9-12,14-16H2,1H3. The highest BCUT2D eigenvalue weighted by atomic mass is 19.1. The molecule has 0 aromatic heterocycles. The molecular weight excluding hydrogens is 413 g/mol. The predicted octanol–water partition coefficient (Wildman–Crippen LogP) is 1.98. The van der Waals surface area contributed by atoms with Gasteiger partial charge in [0.15, 0.2) is 6.61 Å². The molecule has 2 aliphatic rings. The molecule has 2 fully saturated rings. The van der Waals surface area contributed by atoms with Gasteiger partial charge in [0.05, 0.1) is 0 Å². The Morgan fingerprint density at radius 1 is 1.09 bits per heavy atom. The number of nitrogens with zero attached hydrogens (tertiary/aromatic N) is 3. The van der Waals surface area contributed by atoms with Gasteiger partial charge in [-0.1, -0.05) is 29.8 Å². The van der Waals surface area contributed by atoms with Crippen molar-refractivity contribution in [2.75, 3.05) is 32.8 Å². The summed E-state index contributed by atoms with van der Waals surface area (Å²) >= 11 is 0. The molecule has 3 amide bonds. The minimum Gasteiger partial charge on any atom is -0.484 e. The van der Waals surface area contributed by atoms with Crippen molar-refractivity contribution in [1.29, 1.82) is 0 Å². The van der Waals surface area contributed by atoms with Crippen LogP contribution in [0.25, 0.3) is 0 Å². The van der Waals surface area contributed by atoms with Crippen molar-refractivity contribution in [3.05, 3.63) is 65.5 Å². The van der Waals surface area contributed by atoms with Gasteiger partial charge in [0, 0.05) is 26.2 Å². The molecule has 0 bridgehead atoms. The first-order valence-corrected chi connectivity index (χ1v) is 10.7. The van der Waals surface area contributed by atoms with Crippen LogP contribution in [-0.2, 0) is 20.9 Å². The van der Waals surface area contributed by atoms with Crippen LogP contribution in [0.5, 0.6) is 5.75 Å². The lowest BCUT2D eigenvalue weighted by molar-refractivity contribution is -0.156. The van der Waals surface area contributed by atoms with Crippen LogP contribution in [0.4, 0.5) is 4.39 Å². The lowest BCUT2D eigenvalue weighted by Gasteiger charge is -2.39. The Balaban J connectivity index is 1.37. The summed E-state index contributed by atoms with van der Waals surface area (Å²) < 4.78 is 18.5. The van der Waals surface area contributed by atoms with Crippen molar-refractivity contribution < 1.29 is 23.5 Å². The van der Waals surface area contributed by atoms with E-state index < -0.39 is 6.04 Å². The molecule has 2 aromatic carbocycles. The maximum atomic E-state index is 13.1. The van der Waals surface area contributed by atoms with Gasteiger partial charge in [-0.2, -0.15) is 0 Å². The first-order valence-electron chi connectivity index (χ1n) is 10.7. The van der Waals surface area contributed by atoms with Crippen LogP contribution in [0, 0.1) is 12.7 Å². The lowest BCUT2D eigenvalue weighted by atomic mass is 10.1. The third kappa shape index (κ3) is 4.90. The van der Waals surface area contributed by atoms with Crippen LogP contribution in [0.15, 0.2) is 48.5 Å². The van der Waals surface area contributed by atoms with Crippen molar-refractivity contribution in [1.82, 2.24) is 14.7 Å². The van der Waals surface area contributed by atoms with Gasteiger partial charge in [0.2, 0.25) is 11.8 Å². The number of carbonyl (C=O) groups is 3. The summed E-state index contributed by atoms with van der Waals surface area (Å²) in [5.74, 6) is -0.379. The van der Waals surface area contributed by atoms with E-state index in [9.17, 15) is 18.8 Å². The quantitative estimate of drug-likeness (QED) is 0.715. The summed E-state index contributed by atoms with van der Waals surface area (Å²) in [6.45, 7) is 3.28. The maximum absolute atomic E-state index is 13.1. The smallest absolute Gasteiger partial charge is 0.260 e. The van der Waals surface area contributed by atoms with E-state index >= 15 is 0 Å². The summed E-state index contributed by atoms with van der Waals surface area (Å²) in [5, 5.41) is 0. The number of aryl methyl sites for hydroxylation is 1. The topological polar surface area (TPSA) is 70.2 Å². The number of rotatable bonds is 5. The van der Waals surface area contributed by atoms with Crippen molar-refractivity contribution in [2.24, 2.45) is 0 Å². The predicted molar refractivity (Wildman–Crippen MR) is 115 cm³/mol. The fraction of sp³-hybridized carbons (Fsp3) is 0.375. The molecule has 0 aliphatic carbocycles. The molecule has 2 aliphatic heterocycles. The van der Waals surface area contributed by atoms with Crippen molar-refractivity contribution in [3.63, 3.8) is 0 Å². The number of piperazine rings is 1. The SMILES string of the molecule is Cc1cccc(CN2CC(=O)N3CCN(C(=O)COc4ccc(F)cc4)CCC3C2=O)c1. The highest BCUT2D eigenvalue weighted by molar-refractivity contribution is 5.95. The summed E-state index contributed by atoms with van der Waals surface area (Å²) in [5.41, 5.74) is 2.09. The Bertz CT molecular complexity index is 1010. The summed E-state index contributed by atoms with van der Waals surface area (Å²) in [4.78, 5) is 43.4. The first-order chi connectivity index (χ1) is 15.4. The molecule has 0 saturated carbocycles. The van der Waals surface area contributed by atoms with Crippen LogP contribution < -0.4 is 4.74 Å². The van der Waals surface area contributed by atoms with E-state index in [4.69, 9.17) is 4.74 Å². The molecule has 7 nitrogen and oxygen atoms in total. The number of halogens is 1. The number of amides is 3. The van der Waals surface area contributed by atoms with E-state index in [2.05, 4.69) is 0 Å². The van der Waals surface area contributed by atoms with Gasteiger partial charge in [0.25, 0.3) is 5.91 Å². The molecule has 168 valence electrons. The molecule has 2 heterocycles. The summed E-state index contributed by atoms with van der Waals surface area (Å²) in [7, 11) is 0. The van der Waals surface area contributed by atoms with Gasteiger partial charge in [0.1, 0.15) is 24.2 Å². The van der Waals surface area contributed by atoms with E-state index in [1.165, 1.54) is 24.3 Å². The molecule has 32 heavy (non-hydrogen) atoms. The molecule has 4 rings (SSSR count). The minimum atomic E-state index is -0.558. The van der Waals surface area contributed by atoms with Crippen LogP contribution >= 0.6 is 0 Å². The average Bonchev–Trinajstić information content (AvgIpc) is 3.01. The second-order valence-electron chi connectivity index (χ2n) is 8.20. The number of hydrogen-bond donors (Lipinski definition) is 0. The fourth-order valence-electron chi connectivity index (χ4n) is 4.21. The highest BCUT2D eigenvalue weighted by Gasteiger charge is 2.41. The molecule has 1 atom stereocenters. The minimum absolute atomic E-state index is 0.0465. The van der Waals surface area contributed by atoms with E-state index in [0.717, 1.165) is 11.1 Å². The van der Waals surface area contributed by atoms with Crippen molar-refractivity contribution >= 4 is 17.7 Å². The highest BCUT2D eigenvalue weighted by Crippen LogP contribution is 2.21. The Labute approximate surface area is 186 Å². The average molecular weight is 439 g/mol. The fourth-order valence-corrected chi connectivity index (χ4v) is 4.21. The number of ether oxygens (including phenoxy) is 1. The Kier molecular flexibility index (Phi) is 6.39. The molecule has 0 N–H and O–H groups in total. The summed E-state index contributed by atoms with van der Waals surface area (Å²) in [6.07, 6.45) is 0.386. The van der Waals surface area contributed by atoms with E-state index in [-0.39, 0.29) is 36.7 Å². The van der Waals surface area contributed by atoms with Gasteiger partial charge in [-0.3, -0.25) is 14.4 Å². The number of carbonyl (C=O) groups excluding carboxylic acids is 3. The molecule has 1 unspecified atom stereocenters. The van der Waals surface area contributed by atoms with Crippen LogP contribution in [-0.4, -0.2) is 71.2 Å². The Morgan fingerprint density at radius 2 is 1.88 bits per heavy atom. The maximum Gasteiger partial charge on any atom is 0.260 e.